The maximum Gasteiger partial charge on any atom is 0.277 e. The lowest BCUT2D eigenvalue weighted by molar-refractivity contribution is -0.383. The zero-order valence-electron chi connectivity index (χ0n) is 11.0. The lowest BCUT2D eigenvalue weighted by atomic mass is 10.1. The van der Waals surface area contributed by atoms with Crippen molar-refractivity contribution in [3.63, 3.8) is 0 Å². The van der Waals surface area contributed by atoms with Gasteiger partial charge in [-0.2, -0.15) is 0 Å². The normalized spacial score (nSPS) is 18.6. The number of benzene rings is 1. The maximum atomic E-state index is 11.1. The van der Waals surface area contributed by atoms with Gasteiger partial charge in [-0.05, 0) is 31.0 Å². The summed E-state index contributed by atoms with van der Waals surface area (Å²) in [6.07, 6.45) is 4.36. The highest BCUT2D eigenvalue weighted by Crippen LogP contribution is 2.35. The van der Waals surface area contributed by atoms with Crippen molar-refractivity contribution in [1.82, 2.24) is 4.98 Å². The molecule has 2 heterocycles. The van der Waals surface area contributed by atoms with Gasteiger partial charge in [0.1, 0.15) is 0 Å². The molecule has 1 aliphatic rings. The van der Waals surface area contributed by atoms with Crippen LogP contribution in [0.25, 0.3) is 10.8 Å². The van der Waals surface area contributed by atoms with E-state index in [0.717, 1.165) is 30.6 Å². The molecule has 2 N–H and O–H groups in total. The summed E-state index contributed by atoms with van der Waals surface area (Å²) in [4.78, 5) is 17.1. The molecule has 0 aliphatic carbocycles. The third-order valence-corrected chi connectivity index (χ3v) is 3.93. The summed E-state index contributed by atoms with van der Waals surface area (Å²) in [6, 6.07) is 5.10. The molecule has 0 spiro atoms. The van der Waals surface area contributed by atoms with E-state index in [9.17, 15) is 10.1 Å². The van der Waals surface area contributed by atoms with Crippen LogP contribution < -0.4 is 10.6 Å². The van der Waals surface area contributed by atoms with E-state index in [1.54, 1.807) is 24.5 Å². The molecule has 6 nitrogen and oxygen atoms in total. The van der Waals surface area contributed by atoms with E-state index in [4.69, 9.17) is 5.73 Å². The predicted molar refractivity (Wildman–Crippen MR) is 77.8 cm³/mol. The van der Waals surface area contributed by atoms with Crippen LogP contribution in [0.15, 0.2) is 30.6 Å². The third kappa shape index (κ3) is 2.08. The Kier molecular flexibility index (Phi) is 3.23. The van der Waals surface area contributed by atoms with Crippen LogP contribution in [0.2, 0.25) is 0 Å². The van der Waals surface area contributed by atoms with Crippen molar-refractivity contribution in [1.29, 1.82) is 0 Å². The average molecular weight is 272 g/mol. The van der Waals surface area contributed by atoms with Gasteiger partial charge in [0.15, 0.2) is 0 Å². The minimum Gasteiger partial charge on any atom is -0.371 e. The number of nitro groups is 1. The number of nitrogens with two attached hydrogens (primary N) is 1. The van der Waals surface area contributed by atoms with Crippen LogP contribution in [-0.2, 0) is 0 Å². The summed E-state index contributed by atoms with van der Waals surface area (Å²) in [5.41, 5.74) is 6.86. The van der Waals surface area contributed by atoms with Crippen LogP contribution >= 0.6 is 0 Å². The predicted octanol–water partition coefficient (Wildman–Crippen LogP) is 1.93. The van der Waals surface area contributed by atoms with E-state index in [0.29, 0.717) is 17.8 Å². The van der Waals surface area contributed by atoms with Gasteiger partial charge in [-0.15, -0.1) is 0 Å². The first-order chi connectivity index (χ1) is 9.70. The van der Waals surface area contributed by atoms with Gasteiger partial charge in [-0.3, -0.25) is 15.1 Å². The fourth-order valence-electron chi connectivity index (χ4n) is 2.84. The number of fused-ring (bicyclic) bond motifs is 1. The lowest BCUT2D eigenvalue weighted by Crippen LogP contribution is -2.22. The number of hydrogen-bond donors (Lipinski definition) is 1. The van der Waals surface area contributed by atoms with E-state index in [1.807, 2.05) is 6.07 Å². The number of hydrogen-bond acceptors (Lipinski definition) is 5. The standard InChI is InChI=1S/C14H16N4O2/c15-7-10-4-6-17(9-10)13-1-2-14(18(19)20)11-3-5-16-8-12(11)13/h1-3,5,8,10H,4,6-7,9,15H2. The van der Waals surface area contributed by atoms with Crippen LogP contribution in [0, 0.1) is 16.0 Å². The van der Waals surface area contributed by atoms with Gasteiger partial charge in [-0.25, -0.2) is 0 Å². The molecule has 0 radical (unpaired) electrons. The van der Waals surface area contributed by atoms with Crippen LogP contribution in [-0.4, -0.2) is 29.5 Å². The summed E-state index contributed by atoms with van der Waals surface area (Å²) < 4.78 is 0. The first kappa shape index (κ1) is 12.8. The molecule has 1 fully saturated rings. The molecule has 1 aromatic heterocycles. The van der Waals surface area contributed by atoms with E-state index in [1.165, 1.54) is 0 Å². The average Bonchev–Trinajstić information content (AvgIpc) is 2.94. The number of nitrogens with zero attached hydrogens (tertiary/aromatic N) is 3. The Bertz CT molecular complexity index is 659. The number of rotatable bonds is 3. The van der Waals surface area contributed by atoms with Crippen molar-refractivity contribution in [2.45, 2.75) is 6.42 Å². The molecule has 0 amide bonds. The Morgan fingerprint density at radius 3 is 2.95 bits per heavy atom. The van der Waals surface area contributed by atoms with Crippen molar-refractivity contribution in [2.75, 3.05) is 24.5 Å². The molecule has 6 heteroatoms. The molecular weight excluding hydrogens is 256 g/mol. The second-order valence-electron chi connectivity index (χ2n) is 5.12. The first-order valence-corrected chi connectivity index (χ1v) is 6.67. The Labute approximate surface area is 116 Å². The molecule has 1 aromatic carbocycles. The molecule has 0 saturated carbocycles. The molecule has 104 valence electrons. The quantitative estimate of drug-likeness (QED) is 0.681. The van der Waals surface area contributed by atoms with Gasteiger partial charge in [0.05, 0.1) is 10.3 Å². The fraction of sp³-hybridized carbons (Fsp3) is 0.357. The van der Waals surface area contributed by atoms with Crippen LogP contribution in [0.1, 0.15) is 6.42 Å². The van der Waals surface area contributed by atoms with E-state index < -0.39 is 0 Å². The Hall–Kier alpha value is -2.21. The number of nitro benzene ring substituents is 1. The van der Waals surface area contributed by atoms with Crippen molar-refractivity contribution >= 4 is 22.1 Å². The van der Waals surface area contributed by atoms with Crippen LogP contribution in [0.4, 0.5) is 11.4 Å². The summed E-state index contributed by atoms with van der Waals surface area (Å²) in [5.74, 6) is 0.497. The maximum absolute atomic E-state index is 11.1. The monoisotopic (exact) mass is 272 g/mol. The van der Waals surface area contributed by atoms with Crippen molar-refractivity contribution in [3.05, 3.63) is 40.7 Å². The molecule has 20 heavy (non-hydrogen) atoms. The molecule has 1 atom stereocenters. The molecule has 0 bridgehead atoms. The molecule has 1 aliphatic heterocycles. The molecule has 2 aromatic rings. The minimum absolute atomic E-state index is 0.126. The van der Waals surface area contributed by atoms with Gasteiger partial charge < -0.3 is 10.6 Å². The summed E-state index contributed by atoms with van der Waals surface area (Å²) in [7, 11) is 0. The first-order valence-electron chi connectivity index (χ1n) is 6.67. The zero-order chi connectivity index (χ0) is 14.1. The summed E-state index contributed by atoms with van der Waals surface area (Å²) in [5, 5.41) is 12.6. The van der Waals surface area contributed by atoms with Gasteiger partial charge in [0.2, 0.25) is 0 Å². The van der Waals surface area contributed by atoms with E-state index >= 15 is 0 Å². The number of anilines is 1. The molecular formula is C14H16N4O2. The molecule has 1 unspecified atom stereocenters. The van der Waals surface area contributed by atoms with Gasteiger partial charge >= 0.3 is 0 Å². The Balaban J connectivity index is 2.09. The SMILES string of the molecule is NCC1CCN(c2ccc([N+](=O)[O-])c3ccncc23)C1. The van der Waals surface area contributed by atoms with Gasteiger partial charge in [0, 0.05) is 42.6 Å². The Morgan fingerprint density at radius 2 is 2.25 bits per heavy atom. The molecule has 3 rings (SSSR count). The highest BCUT2D eigenvalue weighted by molar-refractivity contribution is 5.99. The van der Waals surface area contributed by atoms with E-state index in [-0.39, 0.29) is 10.6 Å². The van der Waals surface area contributed by atoms with Crippen LogP contribution in [0.3, 0.4) is 0 Å². The topological polar surface area (TPSA) is 85.3 Å². The molecule has 1 saturated heterocycles. The summed E-state index contributed by atoms with van der Waals surface area (Å²) >= 11 is 0. The van der Waals surface area contributed by atoms with Crippen molar-refractivity contribution < 1.29 is 4.92 Å². The lowest BCUT2D eigenvalue weighted by Gasteiger charge is -2.20. The number of non-ortho nitro benzene ring substituents is 1. The second kappa shape index (κ2) is 5.05. The second-order valence-corrected chi connectivity index (χ2v) is 5.12. The number of aromatic nitrogens is 1. The third-order valence-electron chi connectivity index (χ3n) is 3.93. The van der Waals surface area contributed by atoms with Crippen molar-refractivity contribution in [2.24, 2.45) is 11.7 Å². The minimum atomic E-state index is -0.348. The van der Waals surface area contributed by atoms with E-state index in [2.05, 4.69) is 9.88 Å². The highest BCUT2D eigenvalue weighted by Gasteiger charge is 2.24. The van der Waals surface area contributed by atoms with Gasteiger partial charge in [-0.1, -0.05) is 0 Å². The number of pyridine rings is 1. The highest BCUT2D eigenvalue weighted by atomic mass is 16.6. The van der Waals surface area contributed by atoms with Crippen LogP contribution in [0.5, 0.6) is 0 Å². The fourth-order valence-corrected chi connectivity index (χ4v) is 2.84. The largest absolute Gasteiger partial charge is 0.371 e. The Morgan fingerprint density at radius 1 is 1.40 bits per heavy atom. The smallest absolute Gasteiger partial charge is 0.277 e. The van der Waals surface area contributed by atoms with Crippen molar-refractivity contribution in [3.8, 4) is 0 Å². The summed E-state index contributed by atoms with van der Waals surface area (Å²) in [6.45, 7) is 2.52. The van der Waals surface area contributed by atoms with Gasteiger partial charge in [0.25, 0.3) is 5.69 Å². The zero-order valence-corrected chi connectivity index (χ0v) is 11.0.